The smallest absolute Gasteiger partial charge is 0.342 e. The van der Waals surface area contributed by atoms with E-state index in [9.17, 15) is 15.0 Å². The Balaban J connectivity index is 2.46. The van der Waals surface area contributed by atoms with Crippen LogP contribution in [0.3, 0.4) is 0 Å². The molecular formula is C8H12O5. The fourth-order valence-electron chi connectivity index (χ4n) is 2.38. The summed E-state index contributed by atoms with van der Waals surface area (Å²) >= 11 is 0. The fraction of sp³-hybridized carbons (Fsp3) is 0.875. The number of ether oxygens (including phenoxy) is 1. The third-order valence-corrected chi connectivity index (χ3v) is 3.52. The second kappa shape index (κ2) is 1.89. The first-order valence-electron chi connectivity index (χ1n) is 4.10. The zero-order valence-corrected chi connectivity index (χ0v) is 7.44. The summed E-state index contributed by atoms with van der Waals surface area (Å²) in [5.41, 5.74) is -4.41. The molecule has 3 N–H and O–H groups in total. The van der Waals surface area contributed by atoms with Crippen LogP contribution in [-0.2, 0) is 9.53 Å². The van der Waals surface area contributed by atoms with Crippen molar-refractivity contribution in [3.8, 4) is 0 Å². The van der Waals surface area contributed by atoms with Crippen LogP contribution in [0.25, 0.3) is 0 Å². The van der Waals surface area contributed by atoms with Crippen LogP contribution in [0.5, 0.6) is 0 Å². The maximum absolute atomic E-state index is 11.2. The van der Waals surface area contributed by atoms with Crippen molar-refractivity contribution in [2.45, 2.75) is 31.2 Å². The maximum Gasteiger partial charge on any atom is 0.342 e. The Labute approximate surface area is 74.9 Å². The number of aliphatic hydroxyl groups excluding tert-OH is 1. The molecule has 13 heavy (non-hydrogen) atoms. The number of hydrogen-bond acceptors (Lipinski definition) is 5. The SMILES string of the molecule is CC1(C)[C@]2(O)[C@H](CO)OC(=O)[C@]12O. The first-order valence-corrected chi connectivity index (χ1v) is 4.10. The van der Waals surface area contributed by atoms with E-state index in [0.717, 1.165) is 0 Å². The number of hydrogen-bond donors (Lipinski definition) is 3. The number of carbonyl (C=O) groups is 1. The normalized spacial score (nSPS) is 51.5. The molecule has 1 aliphatic heterocycles. The Kier molecular flexibility index (Phi) is 1.30. The van der Waals surface area contributed by atoms with Crippen molar-refractivity contribution >= 4 is 5.97 Å². The molecule has 1 saturated carbocycles. The molecule has 0 aromatic heterocycles. The number of esters is 1. The molecule has 3 atom stereocenters. The Morgan fingerprint density at radius 1 is 1.46 bits per heavy atom. The van der Waals surface area contributed by atoms with E-state index in [2.05, 4.69) is 4.74 Å². The van der Waals surface area contributed by atoms with Crippen LogP contribution in [0.4, 0.5) is 0 Å². The fourth-order valence-corrected chi connectivity index (χ4v) is 2.38. The Bertz CT molecular complexity index is 286. The zero-order chi connectivity index (χ0) is 10.1. The van der Waals surface area contributed by atoms with Crippen molar-refractivity contribution < 1.29 is 24.9 Å². The molecule has 0 bridgehead atoms. The molecular weight excluding hydrogens is 176 g/mol. The molecule has 5 nitrogen and oxygen atoms in total. The third-order valence-electron chi connectivity index (χ3n) is 3.52. The van der Waals surface area contributed by atoms with E-state index in [1.54, 1.807) is 13.8 Å². The monoisotopic (exact) mass is 188 g/mol. The first kappa shape index (κ1) is 8.93. The quantitative estimate of drug-likeness (QED) is 0.432. The summed E-state index contributed by atoms with van der Waals surface area (Å²) in [4.78, 5) is 11.2. The van der Waals surface area contributed by atoms with Crippen LogP contribution in [0.2, 0.25) is 0 Å². The number of carbonyl (C=O) groups excluding carboxylic acids is 1. The molecule has 0 radical (unpaired) electrons. The second-order valence-electron chi connectivity index (χ2n) is 4.18. The largest absolute Gasteiger partial charge is 0.454 e. The molecule has 0 unspecified atom stereocenters. The predicted octanol–water partition coefficient (Wildman–Crippen LogP) is -1.59. The average Bonchev–Trinajstić information content (AvgIpc) is 2.34. The molecule has 2 aliphatic rings. The lowest BCUT2D eigenvalue weighted by Crippen LogP contribution is -2.36. The van der Waals surface area contributed by atoms with Gasteiger partial charge >= 0.3 is 5.97 Å². The van der Waals surface area contributed by atoms with Gasteiger partial charge in [0.2, 0.25) is 5.60 Å². The van der Waals surface area contributed by atoms with Gasteiger partial charge in [0.05, 0.1) is 6.61 Å². The van der Waals surface area contributed by atoms with Gasteiger partial charge in [-0.1, -0.05) is 13.8 Å². The van der Waals surface area contributed by atoms with Gasteiger partial charge in [-0.05, 0) is 0 Å². The molecule has 2 fully saturated rings. The summed E-state index contributed by atoms with van der Waals surface area (Å²) in [5, 5.41) is 28.6. The van der Waals surface area contributed by atoms with Gasteiger partial charge in [-0.25, -0.2) is 4.79 Å². The van der Waals surface area contributed by atoms with Crippen LogP contribution < -0.4 is 0 Å². The molecule has 74 valence electrons. The maximum atomic E-state index is 11.2. The Morgan fingerprint density at radius 3 is 2.23 bits per heavy atom. The standard InChI is InChI=1S/C8H12O5/c1-6(2)7(11)4(3-9)13-5(10)8(6,7)12/h4,9,11-12H,3H2,1-2H3/t4-,7+,8-/m0/s1. The Hall–Kier alpha value is -0.650. The van der Waals surface area contributed by atoms with Crippen molar-refractivity contribution in [2.75, 3.05) is 6.61 Å². The summed E-state index contributed by atoms with van der Waals surface area (Å²) in [6.07, 6.45) is -1.01. The molecule has 1 aliphatic carbocycles. The number of fused-ring (bicyclic) bond motifs is 1. The number of cyclic esters (lactones) is 1. The van der Waals surface area contributed by atoms with E-state index in [-0.39, 0.29) is 0 Å². The summed E-state index contributed by atoms with van der Waals surface area (Å²) in [6, 6.07) is 0. The molecule has 0 aromatic rings. The van der Waals surface area contributed by atoms with Crippen molar-refractivity contribution in [2.24, 2.45) is 5.41 Å². The van der Waals surface area contributed by atoms with Crippen LogP contribution in [-0.4, -0.2) is 45.2 Å². The predicted molar refractivity (Wildman–Crippen MR) is 40.6 cm³/mol. The minimum atomic E-state index is -1.84. The lowest BCUT2D eigenvalue weighted by atomic mass is 10.0. The van der Waals surface area contributed by atoms with E-state index in [4.69, 9.17) is 5.11 Å². The van der Waals surface area contributed by atoms with E-state index in [1.807, 2.05) is 0 Å². The van der Waals surface area contributed by atoms with Gasteiger partial charge < -0.3 is 20.1 Å². The van der Waals surface area contributed by atoms with Crippen molar-refractivity contribution in [1.29, 1.82) is 0 Å². The summed E-state index contributed by atoms with van der Waals surface area (Å²) in [6.45, 7) is 2.65. The topological polar surface area (TPSA) is 87.0 Å². The first-order chi connectivity index (χ1) is 5.84. The highest BCUT2D eigenvalue weighted by Crippen LogP contribution is 2.70. The van der Waals surface area contributed by atoms with Crippen molar-refractivity contribution in [3.05, 3.63) is 0 Å². The van der Waals surface area contributed by atoms with Gasteiger partial charge in [-0.2, -0.15) is 0 Å². The molecule has 2 rings (SSSR count). The number of rotatable bonds is 1. The summed E-state index contributed by atoms with van der Waals surface area (Å²) in [7, 11) is 0. The lowest BCUT2D eigenvalue weighted by molar-refractivity contribution is -0.159. The van der Waals surface area contributed by atoms with E-state index in [0.29, 0.717) is 0 Å². The van der Waals surface area contributed by atoms with E-state index < -0.39 is 35.3 Å². The molecule has 5 heteroatoms. The third kappa shape index (κ3) is 0.553. The van der Waals surface area contributed by atoms with Gasteiger partial charge in [0.25, 0.3) is 0 Å². The van der Waals surface area contributed by atoms with Gasteiger partial charge in [0.1, 0.15) is 0 Å². The lowest BCUT2D eigenvalue weighted by Gasteiger charge is -2.19. The highest BCUT2D eigenvalue weighted by Gasteiger charge is 2.94. The van der Waals surface area contributed by atoms with Crippen LogP contribution in [0, 0.1) is 5.41 Å². The molecule has 1 saturated heterocycles. The minimum Gasteiger partial charge on any atom is -0.454 e. The van der Waals surface area contributed by atoms with E-state index >= 15 is 0 Å². The Morgan fingerprint density at radius 2 is 2.00 bits per heavy atom. The molecule has 0 spiro atoms. The van der Waals surface area contributed by atoms with Crippen LogP contribution in [0.1, 0.15) is 13.8 Å². The van der Waals surface area contributed by atoms with Gasteiger partial charge in [0, 0.05) is 5.41 Å². The second-order valence-corrected chi connectivity index (χ2v) is 4.18. The molecule has 0 aromatic carbocycles. The van der Waals surface area contributed by atoms with Crippen molar-refractivity contribution in [1.82, 2.24) is 0 Å². The molecule has 1 heterocycles. The average molecular weight is 188 g/mol. The summed E-state index contributed by atoms with van der Waals surface area (Å²) in [5.74, 6) is -0.848. The van der Waals surface area contributed by atoms with Gasteiger partial charge in [0.15, 0.2) is 11.7 Å². The zero-order valence-electron chi connectivity index (χ0n) is 7.44. The van der Waals surface area contributed by atoms with Gasteiger partial charge in [-0.3, -0.25) is 0 Å². The molecule has 0 amide bonds. The number of aliphatic hydroxyl groups is 3. The minimum absolute atomic E-state index is 0.478. The highest BCUT2D eigenvalue weighted by molar-refractivity contribution is 5.92. The van der Waals surface area contributed by atoms with Crippen molar-refractivity contribution in [3.63, 3.8) is 0 Å². The van der Waals surface area contributed by atoms with Gasteiger partial charge in [-0.15, -0.1) is 0 Å². The van der Waals surface area contributed by atoms with E-state index in [1.165, 1.54) is 0 Å². The summed E-state index contributed by atoms with van der Waals surface area (Å²) < 4.78 is 4.63. The highest BCUT2D eigenvalue weighted by atomic mass is 16.6. The van der Waals surface area contributed by atoms with Crippen LogP contribution >= 0.6 is 0 Å². The van der Waals surface area contributed by atoms with Crippen LogP contribution in [0.15, 0.2) is 0 Å².